The molecule has 118 valence electrons. The summed E-state index contributed by atoms with van der Waals surface area (Å²) < 4.78 is 11.4. The van der Waals surface area contributed by atoms with E-state index in [1.165, 1.54) is 5.56 Å². The molecular weight excluding hydrogens is 264 g/mol. The SMILES string of the molecule is CCCOc1ccc(C(CN)N2CCOC(CC)C2)cc1. The Morgan fingerprint density at radius 1 is 1.33 bits per heavy atom. The van der Waals surface area contributed by atoms with Crippen molar-refractivity contribution in [1.82, 2.24) is 4.90 Å². The van der Waals surface area contributed by atoms with E-state index in [-0.39, 0.29) is 6.04 Å². The van der Waals surface area contributed by atoms with Gasteiger partial charge in [0.05, 0.1) is 19.3 Å². The molecule has 0 bridgehead atoms. The zero-order chi connectivity index (χ0) is 15.1. The van der Waals surface area contributed by atoms with Crippen molar-refractivity contribution in [3.05, 3.63) is 29.8 Å². The van der Waals surface area contributed by atoms with E-state index >= 15 is 0 Å². The van der Waals surface area contributed by atoms with E-state index in [1.807, 2.05) is 12.1 Å². The van der Waals surface area contributed by atoms with Crippen LogP contribution >= 0.6 is 0 Å². The Morgan fingerprint density at radius 3 is 2.71 bits per heavy atom. The molecule has 1 aliphatic rings. The van der Waals surface area contributed by atoms with Crippen LogP contribution in [0.2, 0.25) is 0 Å². The largest absolute Gasteiger partial charge is 0.494 e. The molecule has 1 aromatic carbocycles. The summed E-state index contributed by atoms with van der Waals surface area (Å²) in [5, 5.41) is 0. The van der Waals surface area contributed by atoms with Crippen molar-refractivity contribution in [2.75, 3.05) is 32.8 Å². The summed E-state index contributed by atoms with van der Waals surface area (Å²) >= 11 is 0. The van der Waals surface area contributed by atoms with Crippen molar-refractivity contribution in [3.63, 3.8) is 0 Å². The first-order chi connectivity index (χ1) is 10.3. The lowest BCUT2D eigenvalue weighted by molar-refractivity contribution is -0.0437. The fourth-order valence-electron chi connectivity index (χ4n) is 2.77. The van der Waals surface area contributed by atoms with Crippen molar-refractivity contribution in [3.8, 4) is 5.75 Å². The molecule has 0 saturated carbocycles. The standard InChI is InChI=1S/C17H28N2O2/c1-3-10-20-16-7-5-14(6-8-16)17(12-18)19-9-11-21-15(4-2)13-19/h5-8,15,17H,3-4,9-13,18H2,1-2H3. The molecule has 0 aliphatic carbocycles. The average Bonchev–Trinajstić information content (AvgIpc) is 2.55. The third-order valence-electron chi connectivity index (χ3n) is 4.03. The van der Waals surface area contributed by atoms with Crippen molar-refractivity contribution in [2.45, 2.75) is 38.8 Å². The highest BCUT2D eigenvalue weighted by molar-refractivity contribution is 5.29. The van der Waals surface area contributed by atoms with Gasteiger partial charge in [0.15, 0.2) is 0 Å². The molecule has 4 nitrogen and oxygen atoms in total. The summed E-state index contributed by atoms with van der Waals surface area (Å²) in [4.78, 5) is 2.44. The van der Waals surface area contributed by atoms with Crippen LogP contribution in [0.3, 0.4) is 0 Å². The molecule has 2 N–H and O–H groups in total. The van der Waals surface area contributed by atoms with E-state index in [4.69, 9.17) is 15.2 Å². The molecule has 4 heteroatoms. The fourth-order valence-corrected chi connectivity index (χ4v) is 2.77. The van der Waals surface area contributed by atoms with Gasteiger partial charge >= 0.3 is 0 Å². The highest BCUT2D eigenvalue weighted by Gasteiger charge is 2.25. The Bertz CT molecular complexity index is 408. The van der Waals surface area contributed by atoms with Gasteiger partial charge in [-0.1, -0.05) is 26.0 Å². The number of ether oxygens (including phenoxy) is 2. The van der Waals surface area contributed by atoms with E-state index in [0.717, 1.165) is 44.9 Å². The van der Waals surface area contributed by atoms with Gasteiger partial charge in [-0.15, -0.1) is 0 Å². The molecule has 2 rings (SSSR count). The first-order valence-electron chi connectivity index (χ1n) is 8.07. The maximum atomic E-state index is 6.03. The summed E-state index contributed by atoms with van der Waals surface area (Å²) in [6.07, 6.45) is 2.41. The second kappa shape index (κ2) is 8.37. The highest BCUT2D eigenvalue weighted by atomic mass is 16.5. The maximum Gasteiger partial charge on any atom is 0.119 e. The Kier molecular flexibility index (Phi) is 6.49. The zero-order valence-electron chi connectivity index (χ0n) is 13.3. The van der Waals surface area contributed by atoms with E-state index in [1.54, 1.807) is 0 Å². The summed E-state index contributed by atoms with van der Waals surface area (Å²) in [7, 11) is 0. The van der Waals surface area contributed by atoms with Crippen LogP contribution in [-0.2, 0) is 4.74 Å². The van der Waals surface area contributed by atoms with Gasteiger partial charge in [0.25, 0.3) is 0 Å². The summed E-state index contributed by atoms with van der Waals surface area (Å²) in [6.45, 7) is 8.39. The van der Waals surface area contributed by atoms with Crippen LogP contribution in [0.25, 0.3) is 0 Å². The van der Waals surface area contributed by atoms with Crippen LogP contribution in [0.5, 0.6) is 5.75 Å². The number of hydrogen-bond acceptors (Lipinski definition) is 4. The van der Waals surface area contributed by atoms with Gasteiger partial charge in [0.2, 0.25) is 0 Å². The zero-order valence-corrected chi connectivity index (χ0v) is 13.3. The normalized spacial score (nSPS) is 21.2. The van der Waals surface area contributed by atoms with Crippen LogP contribution < -0.4 is 10.5 Å². The lowest BCUT2D eigenvalue weighted by Crippen LogP contribution is -2.45. The third-order valence-corrected chi connectivity index (χ3v) is 4.03. The molecule has 1 aliphatic heterocycles. The van der Waals surface area contributed by atoms with Gasteiger partial charge in [0.1, 0.15) is 5.75 Å². The highest BCUT2D eigenvalue weighted by Crippen LogP contribution is 2.25. The van der Waals surface area contributed by atoms with Gasteiger partial charge in [-0.05, 0) is 30.5 Å². The van der Waals surface area contributed by atoms with Crippen molar-refractivity contribution in [1.29, 1.82) is 0 Å². The number of hydrogen-bond donors (Lipinski definition) is 1. The minimum absolute atomic E-state index is 0.267. The molecule has 21 heavy (non-hydrogen) atoms. The lowest BCUT2D eigenvalue weighted by atomic mass is 10.0. The van der Waals surface area contributed by atoms with E-state index in [9.17, 15) is 0 Å². The van der Waals surface area contributed by atoms with Crippen molar-refractivity contribution in [2.24, 2.45) is 5.73 Å². The van der Waals surface area contributed by atoms with Crippen LogP contribution in [0.4, 0.5) is 0 Å². The quantitative estimate of drug-likeness (QED) is 0.839. The third kappa shape index (κ3) is 4.43. The van der Waals surface area contributed by atoms with Crippen LogP contribution in [0.1, 0.15) is 38.3 Å². The van der Waals surface area contributed by atoms with Gasteiger partial charge in [-0.25, -0.2) is 0 Å². The molecule has 2 atom stereocenters. The molecule has 0 spiro atoms. The molecular formula is C17H28N2O2. The van der Waals surface area contributed by atoms with Crippen molar-refractivity contribution >= 4 is 0 Å². The molecule has 0 amide bonds. The van der Waals surface area contributed by atoms with E-state index < -0.39 is 0 Å². The Balaban J connectivity index is 2.02. The van der Waals surface area contributed by atoms with E-state index in [0.29, 0.717) is 12.6 Å². The average molecular weight is 292 g/mol. The molecule has 1 saturated heterocycles. The monoisotopic (exact) mass is 292 g/mol. The number of morpholine rings is 1. The van der Waals surface area contributed by atoms with Gasteiger partial charge in [-0.3, -0.25) is 4.90 Å². The summed E-state index contributed by atoms with van der Waals surface area (Å²) in [5.41, 5.74) is 7.29. The predicted molar refractivity (Wildman–Crippen MR) is 85.6 cm³/mol. The second-order valence-corrected chi connectivity index (χ2v) is 5.56. The number of rotatable bonds is 7. The lowest BCUT2D eigenvalue weighted by Gasteiger charge is -2.37. The minimum atomic E-state index is 0.267. The van der Waals surface area contributed by atoms with Crippen LogP contribution in [0, 0.1) is 0 Å². The first kappa shape index (κ1) is 16.3. The second-order valence-electron chi connectivity index (χ2n) is 5.56. The molecule has 1 heterocycles. The Labute approximate surface area is 128 Å². The van der Waals surface area contributed by atoms with Gasteiger partial charge in [0, 0.05) is 25.7 Å². The Morgan fingerprint density at radius 2 is 2.10 bits per heavy atom. The molecule has 1 fully saturated rings. The van der Waals surface area contributed by atoms with Crippen LogP contribution in [0.15, 0.2) is 24.3 Å². The molecule has 2 unspecified atom stereocenters. The first-order valence-corrected chi connectivity index (χ1v) is 8.07. The fraction of sp³-hybridized carbons (Fsp3) is 0.647. The van der Waals surface area contributed by atoms with E-state index in [2.05, 4.69) is 30.9 Å². The molecule has 0 radical (unpaired) electrons. The minimum Gasteiger partial charge on any atom is -0.494 e. The number of benzene rings is 1. The van der Waals surface area contributed by atoms with Crippen molar-refractivity contribution < 1.29 is 9.47 Å². The predicted octanol–water partition coefficient (Wildman–Crippen LogP) is 2.59. The van der Waals surface area contributed by atoms with Gasteiger partial charge in [-0.2, -0.15) is 0 Å². The van der Waals surface area contributed by atoms with Crippen LogP contribution in [-0.4, -0.2) is 43.9 Å². The number of nitrogens with zero attached hydrogens (tertiary/aromatic N) is 1. The number of nitrogens with two attached hydrogens (primary N) is 1. The molecule has 1 aromatic rings. The smallest absolute Gasteiger partial charge is 0.119 e. The summed E-state index contributed by atoms with van der Waals surface area (Å²) in [6, 6.07) is 8.64. The maximum absolute atomic E-state index is 6.03. The topological polar surface area (TPSA) is 47.7 Å². The summed E-state index contributed by atoms with van der Waals surface area (Å²) in [5.74, 6) is 0.935. The van der Waals surface area contributed by atoms with Gasteiger partial charge < -0.3 is 15.2 Å². The Hall–Kier alpha value is -1.10. The molecule has 0 aromatic heterocycles.